The number of morpholine rings is 1. The van der Waals surface area contributed by atoms with Gasteiger partial charge < -0.3 is 24.4 Å². The van der Waals surface area contributed by atoms with E-state index in [1.165, 1.54) is 0 Å². The van der Waals surface area contributed by atoms with Crippen LogP contribution in [0.2, 0.25) is 0 Å². The first kappa shape index (κ1) is 23.2. The van der Waals surface area contributed by atoms with E-state index in [0.29, 0.717) is 51.2 Å². The van der Waals surface area contributed by atoms with E-state index in [2.05, 4.69) is 14.9 Å². The van der Waals surface area contributed by atoms with Crippen molar-refractivity contribution in [3.63, 3.8) is 0 Å². The number of ether oxygens (including phenoxy) is 2. The van der Waals surface area contributed by atoms with Crippen LogP contribution in [0.4, 0.5) is 19.1 Å². The monoisotopic (exact) mass is 446 g/mol. The second kappa shape index (κ2) is 10.2. The zero-order valence-corrected chi connectivity index (χ0v) is 16.8. The number of aliphatic carboxylic acids is 1. The van der Waals surface area contributed by atoms with E-state index in [-0.39, 0.29) is 11.8 Å². The van der Waals surface area contributed by atoms with Crippen molar-refractivity contribution in [2.45, 2.75) is 12.6 Å². The normalized spacial score (nSPS) is 26.0. The molecule has 31 heavy (non-hydrogen) atoms. The Kier molecular flexibility index (Phi) is 7.65. The second-order valence-electron chi connectivity index (χ2n) is 7.68. The van der Waals surface area contributed by atoms with Crippen LogP contribution < -0.4 is 4.90 Å². The Bertz CT molecular complexity index is 746. The predicted molar refractivity (Wildman–Crippen MR) is 101 cm³/mol. The first-order valence-electron chi connectivity index (χ1n) is 10.0. The third-order valence-electron chi connectivity index (χ3n) is 5.64. The number of anilines is 1. The first-order valence-corrected chi connectivity index (χ1v) is 10.0. The summed E-state index contributed by atoms with van der Waals surface area (Å²) in [6.45, 7) is 6.01. The van der Waals surface area contributed by atoms with Crippen molar-refractivity contribution in [3.05, 3.63) is 18.5 Å². The summed E-state index contributed by atoms with van der Waals surface area (Å²) in [5.41, 5.74) is 0. The average molecular weight is 446 g/mol. The molecule has 1 aromatic heterocycles. The van der Waals surface area contributed by atoms with Gasteiger partial charge in [0.15, 0.2) is 0 Å². The molecule has 0 aliphatic carbocycles. The zero-order chi connectivity index (χ0) is 22.4. The van der Waals surface area contributed by atoms with Gasteiger partial charge in [-0.3, -0.25) is 4.79 Å². The molecular weight excluding hydrogens is 421 g/mol. The van der Waals surface area contributed by atoms with Crippen molar-refractivity contribution in [1.29, 1.82) is 0 Å². The third-order valence-corrected chi connectivity index (χ3v) is 5.64. The lowest BCUT2D eigenvalue weighted by Gasteiger charge is -2.34. The van der Waals surface area contributed by atoms with Crippen molar-refractivity contribution in [1.82, 2.24) is 14.9 Å². The molecule has 3 atom stereocenters. The van der Waals surface area contributed by atoms with Crippen molar-refractivity contribution < 1.29 is 37.3 Å². The van der Waals surface area contributed by atoms with Gasteiger partial charge in [-0.15, -0.1) is 0 Å². The Hall–Kier alpha value is -2.47. The van der Waals surface area contributed by atoms with Crippen LogP contribution in [0.3, 0.4) is 0 Å². The number of aromatic nitrogens is 2. The van der Waals surface area contributed by atoms with E-state index < -0.39 is 12.1 Å². The lowest BCUT2D eigenvalue weighted by molar-refractivity contribution is -0.192. The molecule has 4 rings (SSSR count). The fourth-order valence-electron chi connectivity index (χ4n) is 4.10. The van der Waals surface area contributed by atoms with Crippen LogP contribution in [0.5, 0.6) is 0 Å². The summed E-state index contributed by atoms with van der Waals surface area (Å²) in [7, 11) is 0. The van der Waals surface area contributed by atoms with Crippen LogP contribution in [0.25, 0.3) is 0 Å². The van der Waals surface area contributed by atoms with Crippen LogP contribution in [0, 0.1) is 17.8 Å². The number of nitrogens with zero attached hydrogens (tertiary/aromatic N) is 4. The van der Waals surface area contributed by atoms with Gasteiger partial charge in [-0.05, 0) is 17.9 Å². The lowest BCUT2D eigenvalue weighted by Crippen LogP contribution is -2.44. The molecule has 9 nitrogen and oxygen atoms in total. The van der Waals surface area contributed by atoms with E-state index in [4.69, 9.17) is 19.4 Å². The highest BCUT2D eigenvalue weighted by Crippen LogP contribution is 2.37. The fraction of sp³-hybridized carbons (Fsp3) is 0.684. The molecule has 0 unspecified atom stereocenters. The third kappa shape index (κ3) is 6.26. The maximum absolute atomic E-state index is 12.6. The number of carboxylic acid groups (broad SMARTS) is 1. The molecule has 0 aromatic carbocycles. The predicted octanol–water partition coefficient (Wildman–Crippen LogP) is 1.06. The Morgan fingerprint density at radius 2 is 1.74 bits per heavy atom. The number of hydrogen-bond donors (Lipinski definition) is 1. The van der Waals surface area contributed by atoms with Gasteiger partial charge in [-0.25, -0.2) is 14.8 Å². The topological polar surface area (TPSA) is 105 Å². The van der Waals surface area contributed by atoms with Crippen LogP contribution >= 0.6 is 0 Å². The van der Waals surface area contributed by atoms with Crippen LogP contribution in [-0.4, -0.2) is 90.6 Å². The molecule has 172 valence electrons. The molecule has 0 saturated carbocycles. The van der Waals surface area contributed by atoms with E-state index in [9.17, 15) is 18.0 Å². The van der Waals surface area contributed by atoms with Gasteiger partial charge in [0.05, 0.1) is 26.4 Å². The summed E-state index contributed by atoms with van der Waals surface area (Å²) in [4.78, 5) is 34.4. The van der Waals surface area contributed by atoms with Crippen LogP contribution in [-0.2, 0) is 19.1 Å². The van der Waals surface area contributed by atoms with Gasteiger partial charge in [-0.1, -0.05) is 0 Å². The van der Waals surface area contributed by atoms with Gasteiger partial charge in [0.25, 0.3) is 0 Å². The Morgan fingerprint density at radius 3 is 2.35 bits per heavy atom. The molecule has 3 saturated heterocycles. The molecule has 1 amide bonds. The number of alkyl halides is 3. The molecule has 12 heteroatoms. The quantitative estimate of drug-likeness (QED) is 0.735. The lowest BCUT2D eigenvalue weighted by atomic mass is 9.81. The number of fused-ring (bicyclic) bond motifs is 1. The second-order valence-corrected chi connectivity index (χ2v) is 7.68. The van der Waals surface area contributed by atoms with E-state index in [1.54, 1.807) is 12.4 Å². The highest BCUT2D eigenvalue weighted by molar-refractivity contribution is 5.76. The molecule has 3 fully saturated rings. The Morgan fingerprint density at radius 1 is 1.10 bits per heavy atom. The summed E-state index contributed by atoms with van der Waals surface area (Å²) in [5, 5.41) is 7.12. The summed E-state index contributed by atoms with van der Waals surface area (Å²) in [6.07, 6.45) is -0.953. The summed E-state index contributed by atoms with van der Waals surface area (Å²) < 4.78 is 42.9. The van der Waals surface area contributed by atoms with E-state index in [0.717, 1.165) is 25.6 Å². The zero-order valence-electron chi connectivity index (χ0n) is 16.8. The number of rotatable bonds is 3. The highest BCUT2D eigenvalue weighted by atomic mass is 19.4. The van der Waals surface area contributed by atoms with Gasteiger partial charge in [0.1, 0.15) is 0 Å². The Balaban J connectivity index is 0.000000339. The minimum absolute atomic E-state index is 0.238. The van der Waals surface area contributed by atoms with Gasteiger partial charge in [0, 0.05) is 50.9 Å². The summed E-state index contributed by atoms with van der Waals surface area (Å²) >= 11 is 0. The van der Waals surface area contributed by atoms with Crippen molar-refractivity contribution in [2.75, 3.05) is 57.5 Å². The minimum Gasteiger partial charge on any atom is -0.475 e. The summed E-state index contributed by atoms with van der Waals surface area (Å²) in [6, 6.07) is 1.83. The maximum atomic E-state index is 12.6. The van der Waals surface area contributed by atoms with Gasteiger partial charge in [0.2, 0.25) is 11.9 Å². The molecule has 0 spiro atoms. The Labute approximate surface area is 177 Å². The van der Waals surface area contributed by atoms with Crippen molar-refractivity contribution in [3.8, 4) is 0 Å². The number of carboxylic acids is 1. The van der Waals surface area contributed by atoms with Gasteiger partial charge in [-0.2, -0.15) is 13.2 Å². The maximum Gasteiger partial charge on any atom is 0.490 e. The minimum atomic E-state index is -5.08. The van der Waals surface area contributed by atoms with Crippen LogP contribution in [0.15, 0.2) is 18.5 Å². The van der Waals surface area contributed by atoms with Gasteiger partial charge >= 0.3 is 12.1 Å². The smallest absolute Gasteiger partial charge is 0.475 e. The average Bonchev–Trinajstić information content (AvgIpc) is 3.20. The first-order chi connectivity index (χ1) is 14.8. The number of amides is 1. The highest BCUT2D eigenvalue weighted by Gasteiger charge is 2.42. The molecule has 1 aromatic rings. The molecule has 0 radical (unpaired) electrons. The molecule has 3 aliphatic rings. The fourth-order valence-corrected chi connectivity index (χ4v) is 4.10. The van der Waals surface area contributed by atoms with Crippen LogP contribution in [0.1, 0.15) is 6.42 Å². The standard InChI is InChI=1S/C17H24N4O3.C2HF3O2/c22-16(20-4-6-23-7-5-20)8-13-11-24-12-14-9-21(10-15(13)14)17-18-2-1-3-19-17;3-2(4,5)1(6)7/h1-3,13-15H,4-12H2;(H,6,7)/t13-,14-,15+;/m1./s1. The number of hydrogen-bond acceptors (Lipinski definition) is 7. The van der Waals surface area contributed by atoms with Crippen molar-refractivity contribution >= 4 is 17.8 Å². The van der Waals surface area contributed by atoms with Crippen molar-refractivity contribution in [2.24, 2.45) is 17.8 Å². The van der Waals surface area contributed by atoms with E-state index in [1.807, 2.05) is 11.0 Å². The molecule has 4 heterocycles. The number of carbonyl (C=O) groups is 2. The SMILES string of the molecule is O=C(C[C@@H]1COC[C@H]2CN(c3ncccn3)C[C@@H]12)N1CCOCC1.O=C(O)C(F)(F)F. The summed E-state index contributed by atoms with van der Waals surface area (Å²) in [5.74, 6) is -0.509. The largest absolute Gasteiger partial charge is 0.490 e. The molecule has 0 bridgehead atoms. The molecule has 1 N–H and O–H groups in total. The molecule has 3 aliphatic heterocycles. The molecular formula is C19H25F3N4O5. The number of halogens is 3. The van der Waals surface area contributed by atoms with E-state index >= 15 is 0 Å². The number of carbonyl (C=O) groups excluding carboxylic acids is 1.